The van der Waals surface area contributed by atoms with Crippen molar-refractivity contribution in [2.24, 2.45) is 0 Å². The molecule has 4 fully saturated rings. The Morgan fingerprint density at radius 3 is 1.31 bits per heavy atom. The molecule has 4 aliphatic rings. The molecule has 4 rings (SSSR count). The van der Waals surface area contributed by atoms with Gasteiger partial charge in [-0.2, -0.15) is 0 Å². The number of hydrogen-bond donors (Lipinski definition) is 2. The lowest BCUT2D eigenvalue weighted by molar-refractivity contribution is -0.000737. The number of ether oxygens (including phenoxy) is 2. The molecule has 0 radical (unpaired) electrons. The van der Waals surface area contributed by atoms with Crippen molar-refractivity contribution in [1.29, 1.82) is 0 Å². The van der Waals surface area contributed by atoms with Gasteiger partial charge in [-0.15, -0.1) is 0 Å². The first-order valence-electron chi connectivity index (χ1n) is 11.5. The molecule has 0 saturated carbocycles. The van der Waals surface area contributed by atoms with Crippen LogP contribution in [0.1, 0.15) is 41.5 Å². The lowest BCUT2D eigenvalue weighted by Crippen LogP contribution is -2.53. The maximum Gasteiger partial charge on any atom is 0.410 e. The third-order valence-corrected chi connectivity index (χ3v) is 6.04. The number of carbonyl (C=O) groups is 2. The molecule has 2 amide bonds. The molecule has 0 aromatic rings. The summed E-state index contributed by atoms with van der Waals surface area (Å²) in [4.78, 5) is 31.5. The molecule has 32 heavy (non-hydrogen) atoms. The van der Waals surface area contributed by atoms with Crippen LogP contribution >= 0.6 is 0 Å². The quantitative estimate of drug-likeness (QED) is 0.545. The second kappa shape index (κ2) is 9.32. The summed E-state index contributed by atoms with van der Waals surface area (Å²) in [6, 6.07) is -0.188. The molecule has 0 spiro atoms. The van der Waals surface area contributed by atoms with E-state index < -0.39 is 23.4 Å². The lowest BCUT2D eigenvalue weighted by Gasteiger charge is -2.35. The minimum Gasteiger partial charge on any atom is -0.444 e. The first kappa shape index (κ1) is 25.0. The van der Waals surface area contributed by atoms with Gasteiger partial charge in [-0.1, -0.05) is 0 Å². The predicted molar refractivity (Wildman–Crippen MR) is 118 cm³/mol. The Balaban J connectivity index is 0.000000181. The molecule has 4 heterocycles. The Hall–Kier alpha value is -1.62. The summed E-state index contributed by atoms with van der Waals surface area (Å²) in [5, 5.41) is 19.7. The second-order valence-electron chi connectivity index (χ2n) is 11.1. The first-order valence-corrected chi connectivity index (χ1v) is 11.5. The molecular weight excluding hydrogens is 416 g/mol. The Kier molecular flexibility index (Phi) is 7.29. The molecule has 4 aliphatic heterocycles. The van der Waals surface area contributed by atoms with Crippen LogP contribution in [0, 0.1) is 0 Å². The Morgan fingerprint density at radius 1 is 0.656 bits per heavy atom. The molecule has 4 bridgehead atoms. The van der Waals surface area contributed by atoms with Gasteiger partial charge in [0.1, 0.15) is 11.2 Å². The van der Waals surface area contributed by atoms with Crippen molar-refractivity contribution in [2.45, 2.75) is 77.0 Å². The lowest BCUT2D eigenvalue weighted by atomic mass is 10.1. The van der Waals surface area contributed by atoms with Gasteiger partial charge in [-0.05, 0) is 41.5 Å². The zero-order valence-corrected chi connectivity index (χ0v) is 20.3. The van der Waals surface area contributed by atoms with Crippen molar-refractivity contribution in [3.8, 4) is 0 Å². The van der Waals surface area contributed by atoms with Crippen LogP contribution in [0.25, 0.3) is 0 Å². The normalized spacial score (nSPS) is 34.0. The molecule has 4 saturated heterocycles. The summed E-state index contributed by atoms with van der Waals surface area (Å²) >= 11 is 0. The van der Waals surface area contributed by atoms with Crippen molar-refractivity contribution >= 4 is 12.2 Å². The average molecular weight is 457 g/mol. The predicted octanol–water partition coefficient (Wildman–Crippen LogP) is 0.564. The molecule has 6 atom stereocenters. The highest BCUT2D eigenvalue weighted by Crippen LogP contribution is 2.24. The summed E-state index contributed by atoms with van der Waals surface area (Å²) in [5.74, 6) is 0. The van der Waals surface area contributed by atoms with Gasteiger partial charge in [0.2, 0.25) is 0 Å². The maximum atomic E-state index is 11.9. The highest BCUT2D eigenvalue weighted by molar-refractivity contribution is 5.69. The van der Waals surface area contributed by atoms with Crippen LogP contribution in [0.4, 0.5) is 9.59 Å². The van der Waals surface area contributed by atoms with Crippen LogP contribution in [0.15, 0.2) is 0 Å². The molecular formula is C22H40N4O6. The van der Waals surface area contributed by atoms with E-state index in [0.29, 0.717) is 26.2 Å². The maximum absolute atomic E-state index is 11.9. The number of piperazine rings is 2. The number of aliphatic hydroxyl groups is 2. The van der Waals surface area contributed by atoms with E-state index in [1.54, 1.807) is 9.80 Å². The zero-order valence-electron chi connectivity index (χ0n) is 20.3. The van der Waals surface area contributed by atoms with Crippen LogP contribution in [-0.2, 0) is 9.47 Å². The third kappa shape index (κ3) is 6.24. The van der Waals surface area contributed by atoms with Gasteiger partial charge < -0.3 is 19.7 Å². The minimum absolute atomic E-state index is 0.0939. The molecule has 0 aromatic carbocycles. The van der Waals surface area contributed by atoms with Crippen molar-refractivity contribution in [3.05, 3.63) is 0 Å². The van der Waals surface area contributed by atoms with E-state index in [-0.39, 0.29) is 24.3 Å². The minimum atomic E-state index is -0.474. The van der Waals surface area contributed by atoms with Gasteiger partial charge in [-0.3, -0.25) is 19.6 Å². The number of carbonyl (C=O) groups excluding carboxylic acids is 2. The highest BCUT2D eigenvalue weighted by Gasteiger charge is 2.43. The monoisotopic (exact) mass is 456 g/mol. The van der Waals surface area contributed by atoms with E-state index >= 15 is 0 Å². The Morgan fingerprint density at radius 2 is 1.00 bits per heavy atom. The van der Waals surface area contributed by atoms with Crippen LogP contribution in [0.5, 0.6) is 0 Å². The van der Waals surface area contributed by atoms with E-state index in [1.807, 2.05) is 41.5 Å². The second-order valence-corrected chi connectivity index (χ2v) is 11.1. The van der Waals surface area contributed by atoms with Crippen molar-refractivity contribution < 1.29 is 29.3 Å². The molecule has 184 valence electrons. The van der Waals surface area contributed by atoms with Crippen molar-refractivity contribution in [1.82, 2.24) is 19.6 Å². The fourth-order valence-corrected chi connectivity index (χ4v) is 4.60. The fourth-order valence-electron chi connectivity index (χ4n) is 4.60. The van der Waals surface area contributed by atoms with E-state index in [2.05, 4.69) is 9.80 Å². The van der Waals surface area contributed by atoms with Gasteiger partial charge >= 0.3 is 12.2 Å². The van der Waals surface area contributed by atoms with Gasteiger partial charge in [0, 0.05) is 52.4 Å². The molecule has 10 nitrogen and oxygen atoms in total. The zero-order chi connectivity index (χ0) is 23.8. The average Bonchev–Trinajstić information content (AvgIpc) is 3.08. The fraction of sp³-hybridized carbons (Fsp3) is 0.909. The van der Waals surface area contributed by atoms with E-state index in [9.17, 15) is 19.8 Å². The summed E-state index contributed by atoms with van der Waals surface area (Å²) in [6.07, 6.45) is -1.48. The number of rotatable bonds is 0. The number of amides is 2. The molecule has 10 heteroatoms. The van der Waals surface area contributed by atoms with Crippen LogP contribution < -0.4 is 0 Å². The van der Waals surface area contributed by atoms with Crippen molar-refractivity contribution in [2.75, 3.05) is 52.4 Å². The molecule has 0 aromatic heterocycles. The van der Waals surface area contributed by atoms with Crippen LogP contribution in [-0.4, -0.2) is 130 Å². The topological polar surface area (TPSA) is 106 Å². The van der Waals surface area contributed by atoms with Gasteiger partial charge in [-0.25, -0.2) is 9.59 Å². The van der Waals surface area contributed by atoms with Crippen molar-refractivity contribution in [3.63, 3.8) is 0 Å². The summed E-state index contributed by atoms with van der Waals surface area (Å²) in [7, 11) is 0. The highest BCUT2D eigenvalue weighted by atomic mass is 16.6. The van der Waals surface area contributed by atoms with E-state index in [4.69, 9.17) is 9.47 Å². The number of hydrogen-bond acceptors (Lipinski definition) is 8. The smallest absolute Gasteiger partial charge is 0.410 e. The number of nitrogens with zero attached hydrogens (tertiary/aromatic N) is 4. The molecule has 0 aliphatic carbocycles. The summed E-state index contributed by atoms with van der Waals surface area (Å²) < 4.78 is 10.7. The molecule has 2 N–H and O–H groups in total. The van der Waals surface area contributed by atoms with Crippen LogP contribution in [0.3, 0.4) is 0 Å². The third-order valence-electron chi connectivity index (χ3n) is 6.04. The van der Waals surface area contributed by atoms with Gasteiger partial charge in [0.25, 0.3) is 0 Å². The van der Waals surface area contributed by atoms with E-state index in [0.717, 1.165) is 26.2 Å². The standard InChI is InChI=1S/2C11H20N2O3/c2*1-11(2,3)16-10(15)13-5-4-12-6-8(13)9(14)7-12/h2*8-9,14H,4-7H2,1-3H3/t2*8-,9-/m10/s1. The van der Waals surface area contributed by atoms with Gasteiger partial charge in [0.05, 0.1) is 24.3 Å². The van der Waals surface area contributed by atoms with Gasteiger partial charge in [0.15, 0.2) is 0 Å². The summed E-state index contributed by atoms with van der Waals surface area (Å²) in [6.45, 7) is 16.9. The number of aliphatic hydroxyl groups excluding tert-OH is 2. The molecule has 2 unspecified atom stereocenters. The Labute approximate surface area is 191 Å². The largest absolute Gasteiger partial charge is 0.444 e. The van der Waals surface area contributed by atoms with Crippen LogP contribution in [0.2, 0.25) is 0 Å². The summed E-state index contributed by atoms with van der Waals surface area (Å²) in [5.41, 5.74) is -0.949. The Bertz CT molecular complexity index is 633. The number of fused-ring (bicyclic) bond motifs is 4. The first-order chi connectivity index (χ1) is 14.7. The SMILES string of the molecule is CC(C)(C)OC(=O)N1CCN2C[C@@H](O)[C@H]1C2.CC(C)(C)OC(=O)N1CCN2C[C@H](O)[C@@H]1C2. The van der Waals surface area contributed by atoms with E-state index in [1.165, 1.54) is 0 Å².